The van der Waals surface area contributed by atoms with Gasteiger partial charge in [-0.2, -0.15) is 0 Å². The Bertz CT molecular complexity index is 560. The third-order valence-electron chi connectivity index (χ3n) is 2.88. The lowest BCUT2D eigenvalue weighted by molar-refractivity contribution is 0.390. The highest BCUT2D eigenvalue weighted by Crippen LogP contribution is 2.27. The number of anilines is 2. The van der Waals surface area contributed by atoms with Gasteiger partial charge in [0.1, 0.15) is 0 Å². The molecule has 0 aromatic heterocycles. The van der Waals surface area contributed by atoms with Gasteiger partial charge in [-0.3, -0.25) is 0 Å². The molecule has 0 fully saturated rings. The van der Waals surface area contributed by atoms with Crippen molar-refractivity contribution in [2.75, 3.05) is 17.6 Å². The molecule has 0 spiro atoms. The smallest absolute Gasteiger partial charge is 0.238 e. The first-order valence-electron chi connectivity index (χ1n) is 6.17. The fourth-order valence-corrected chi connectivity index (χ4v) is 2.60. The lowest BCUT2D eigenvalue weighted by Gasteiger charge is -2.20. The van der Waals surface area contributed by atoms with Crippen LogP contribution in [0.5, 0.6) is 0 Å². The van der Waals surface area contributed by atoms with Crippen LogP contribution in [0, 0.1) is 12.3 Å². The van der Waals surface area contributed by atoms with E-state index in [-0.39, 0.29) is 10.3 Å². The number of sulfonamides is 1. The maximum atomic E-state index is 11.5. The largest absolute Gasteiger partial charge is 0.399 e. The van der Waals surface area contributed by atoms with Gasteiger partial charge in [-0.05, 0) is 36.5 Å². The molecule has 1 aromatic rings. The van der Waals surface area contributed by atoms with E-state index in [0.717, 1.165) is 13.0 Å². The zero-order valence-electron chi connectivity index (χ0n) is 11.9. The van der Waals surface area contributed by atoms with Crippen LogP contribution in [0.15, 0.2) is 17.0 Å². The van der Waals surface area contributed by atoms with Crippen LogP contribution in [0.4, 0.5) is 11.4 Å². The minimum atomic E-state index is -3.75. The molecule has 5 nitrogen and oxygen atoms in total. The second kappa shape index (κ2) is 5.38. The van der Waals surface area contributed by atoms with E-state index in [1.54, 1.807) is 13.0 Å². The summed E-state index contributed by atoms with van der Waals surface area (Å²) in [6.07, 6.45) is 0.964. The van der Waals surface area contributed by atoms with Crippen molar-refractivity contribution in [1.29, 1.82) is 0 Å². The molecule has 0 unspecified atom stereocenters. The summed E-state index contributed by atoms with van der Waals surface area (Å²) in [6.45, 7) is 8.92. The van der Waals surface area contributed by atoms with Gasteiger partial charge in [0.05, 0.1) is 4.90 Å². The molecule has 108 valence electrons. The molecule has 0 radical (unpaired) electrons. The number of rotatable bonds is 4. The topological polar surface area (TPSA) is 98.2 Å². The Kier molecular flexibility index (Phi) is 4.47. The molecule has 0 saturated heterocycles. The van der Waals surface area contributed by atoms with E-state index in [2.05, 4.69) is 26.1 Å². The molecular formula is C13H23N3O2S. The summed E-state index contributed by atoms with van der Waals surface area (Å²) in [6, 6.07) is 3.12. The van der Waals surface area contributed by atoms with E-state index < -0.39 is 10.0 Å². The van der Waals surface area contributed by atoms with Gasteiger partial charge >= 0.3 is 0 Å². The highest BCUT2D eigenvalue weighted by molar-refractivity contribution is 7.89. The zero-order chi connectivity index (χ0) is 14.8. The van der Waals surface area contributed by atoms with Gasteiger partial charge in [0.15, 0.2) is 0 Å². The van der Waals surface area contributed by atoms with Crippen molar-refractivity contribution in [3.8, 4) is 0 Å². The van der Waals surface area contributed by atoms with Crippen LogP contribution in [-0.4, -0.2) is 15.0 Å². The lowest BCUT2D eigenvalue weighted by atomic mass is 9.92. The summed E-state index contributed by atoms with van der Waals surface area (Å²) in [5, 5.41) is 8.40. The standard InChI is InChI=1S/C13H23N3O2S/c1-9-11(16-6-5-13(2,3)4)7-10(14)8-12(9)19(15,17)18/h7-8,16H,5-6,14H2,1-4H3,(H2,15,17,18). The third kappa shape index (κ3) is 4.72. The molecule has 0 bridgehead atoms. The molecule has 0 saturated carbocycles. The van der Waals surface area contributed by atoms with Crippen LogP contribution in [0.2, 0.25) is 0 Å². The Morgan fingerprint density at radius 1 is 1.26 bits per heavy atom. The number of hydrogen-bond donors (Lipinski definition) is 3. The molecule has 0 heterocycles. The first kappa shape index (κ1) is 15.8. The Morgan fingerprint density at radius 2 is 1.84 bits per heavy atom. The second-order valence-corrected chi connectivity index (χ2v) is 7.50. The van der Waals surface area contributed by atoms with Gasteiger partial charge in [-0.1, -0.05) is 20.8 Å². The van der Waals surface area contributed by atoms with E-state index in [1.807, 2.05) is 0 Å². The first-order chi connectivity index (χ1) is 8.50. The van der Waals surface area contributed by atoms with Crippen molar-refractivity contribution in [3.63, 3.8) is 0 Å². The van der Waals surface area contributed by atoms with Gasteiger partial charge in [0.2, 0.25) is 10.0 Å². The van der Waals surface area contributed by atoms with E-state index >= 15 is 0 Å². The van der Waals surface area contributed by atoms with Crippen LogP contribution in [-0.2, 0) is 10.0 Å². The number of benzene rings is 1. The Morgan fingerprint density at radius 3 is 2.32 bits per heavy atom. The second-order valence-electron chi connectivity index (χ2n) is 5.97. The minimum Gasteiger partial charge on any atom is -0.399 e. The molecule has 0 amide bonds. The van der Waals surface area contributed by atoms with Gasteiger partial charge in [-0.25, -0.2) is 13.6 Å². The van der Waals surface area contributed by atoms with E-state index in [4.69, 9.17) is 10.9 Å². The molecule has 0 aliphatic rings. The molecule has 0 aliphatic heterocycles. The van der Waals surface area contributed by atoms with Crippen molar-refractivity contribution < 1.29 is 8.42 Å². The van der Waals surface area contributed by atoms with E-state index in [9.17, 15) is 8.42 Å². The number of nitrogens with one attached hydrogen (secondary N) is 1. The Balaban J connectivity index is 3.00. The fourth-order valence-electron chi connectivity index (χ4n) is 1.76. The van der Waals surface area contributed by atoms with Crippen LogP contribution in [0.3, 0.4) is 0 Å². The van der Waals surface area contributed by atoms with Gasteiger partial charge < -0.3 is 11.1 Å². The molecule has 19 heavy (non-hydrogen) atoms. The maximum Gasteiger partial charge on any atom is 0.238 e. The van der Waals surface area contributed by atoms with Crippen molar-refractivity contribution >= 4 is 21.4 Å². The molecular weight excluding hydrogens is 262 g/mol. The van der Waals surface area contributed by atoms with Crippen molar-refractivity contribution in [1.82, 2.24) is 0 Å². The van der Waals surface area contributed by atoms with Crippen molar-refractivity contribution in [2.24, 2.45) is 10.6 Å². The molecule has 0 atom stereocenters. The average Bonchev–Trinajstić information content (AvgIpc) is 2.19. The summed E-state index contributed by atoms with van der Waals surface area (Å²) in [5.74, 6) is 0. The molecule has 5 N–H and O–H groups in total. The van der Waals surface area contributed by atoms with Gasteiger partial charge in [-0.15, -0.1) is 0 Å². The normalized spacial score (nSPS) is 12.5. The van der Waals surface area contributed by atoms with Crippen molar-refractivity contribution in [2.45, 2.75) is 39.0 Å². The van der Waals surface area contributed by atoms with Gasteiger partial charge in [0.25, 0.3) is 0 Å². The monoisotopic (exact) mass is 285 g/mol. The first-order valence-corrected chi connectivity index (χ1v) is 7.72. The lowest BCUT2D eigenvalue weighted by Crippen LogP contribution is -2.17. The summed E-state index contributed by atoms with van der Waals surface area (Å²) < 4.78 is 23.0. The molecule has 0 aliphatic carbocycles. The average molecular weight is 285 g/mol. The van der Waals surface area contributed by atoms with Crippen LogP contribution < -0.4 is 16.2 Å². The van der Waals surface area contributed by atoms with E-state index in [1.165, 1.54) is 6.07 Å². The quantitative estimate of drug-likeness (QED) is 0.737. The zero-order valence-corrected chi connectivity index (χ0v) is 12.8. The Hall–Kier alpha value is -1.27. The van der Waals surface area contributed by atoms with Gasteiger partial charge in [0, 0.05) is 17.9 Å². The minimum absolute atomic E-state index is 0.0748. The summed E-state index contributed by atoms with van der Waals surface area (Å²) in [7, 11) is -3.75. The Labute approximate surface area is 115 Å². The summed E-state index contributed by atoms with van der Waals surface area (Å²) in [5.41, 5.74) is 7.64. The summed E-state index contributed by atoms with van der Waals surface area (Å²) >= 11 is 0. The SMILES string of the molecule is Cc1c(NCCC(C)(C)C)cc(N)cc1S(N)(=O)=O. The van der Waals surface area contributed by atoms with Crippen LogP contribution in [0.1, 0.15) is 32.8 Å². The number of nitrogens with two attached hydrogens (primary N) is 2. The van der Waals surface area contributed by atoms with E-state index in [0.29, 0.717) is 16.9 Å². The third-order valence-corrected chi connectivity index (χ3v) is 3.92. The maximum absolute atomic E-state index is 11.5. The molecule has 1 aromatic carbocycles. The van der Waals surface area contributed by atoms with Crippen LogP contribution >= 0.6 is 0 Å². The fraction of sp³-hybridized carbons (Fsp3) is 0.538. The highest BCUT2D eigenvalue weighted by atomic mass is 32.2. The number of primary sulfonamides is 1. The predicted octanol–water partition coefficient (Wildman–Crippen LogP) is 2.07. The number of nitrogen functional groups attached to an aromatic ring is 1. The van der Waals surface area contributed by atoms with Crippen LogP contribution in [0.25, 0.3) is 0 Å². The number of hydrogen-bond acceptors (Lipinski definition) is 4. The summed E-state index contributed by atoms with van der Waals surface area (Å²) in [4.78, 5) is 0.0748. The van der Waals surface area contributed by atoms with Crippen molar-refractivity contribution in [3.05, 3.63) is 17.7 Å². The highest BCUT2D eigenvalue weighted by Gasteiger charge is 2.16. The molecule has 6 heteroatoms. The predicted molar refractivity (Wildman–Crippen MR) is 79.5 cm³/mol. The molecule has 1 rings (SSSR count).